The van der Waals surface area contributed by atoms with Crippen molar-refractivity contribution < 1.29 is 4.74 Å². The van der Waals surface area contributed by atoms with Gasteiger partial charge in [0.2, 0.25) is 0 Å². The minimum absolute atomic E-state index is 0.635. The molecule has 0 amide bonds. The highest BCUT2D eigenvalue weighted by Crippen LogP contribution is 2.59. The summed E-state index contributed by atoms with van der Waals surface area (Å²) in [5, 5.41) is 2.22. The molecule has 1 unspecified atom stereocenters. The molecule has 11 rings (SSSR count). The Morgan fingerprint density at radius 3 is 2.00 bits per heavy atom. The van der Waals surface area contributed by atoms with E-state index in [1.54, 1.807) is 6.20 Å². The molecule has 0 N–H and O–H groups in total. The van der Waals surface area contributed by atoms with E-state index in [0.29, 0.717) is 5.82 Å². The van der Waals surface area contributed by atoms with Crippen molar-refractivity contribution in [3.8, 4) is 56.7 Å². The van der Waals surface area contributed by atoms with Crippen LogP contribution in [0.15, 0.2) is 182 Å². The number of pyridine rings is 2. The fraction of sp³-hybridized carbons (Fsp3) is 0.0196. The van der Waals surface area contributed by atoms with Gasteiger partial charge in [-0.15, -0.1) is 0 Å². The normalized spacial score (nSPS) is 14.9. The van der Waals surface area contributed by atoms with Crippen LogP contribution in [-0.4, -0.2) is 19.9 Å². The number of hydrogen-bond donors (Lipinski definition) is 0. The highest BCUT2D eigenvalue weighted by Gasteiger charge is 2.48. The Balaban J connectivity index is 1.17. The van der Waals surface area contributed by atoms with Crippen molar-refractivity contribution in [2.75, 3.05) is 0 Å². The lowest BCUT2D eigenvalue weighted by Gasteiger charge is -2.42. The highest BCUT2D eigenvalue weighted by atomic mass is 16.5. The van der Waals surface area contributed by atoms with E-state index in [1.165, 1.54) is 5.56 Å². The minimum Gasteiger partial charge on any atom is -0.456 e. The standard InChI is InChI=1S/C51H32N4O/c1-2-13-36(14-3-1)46-30-47(39-25-27-45(53-32-39)38-15-10-28-52-31-38)55-50(54-46)37-23-22-35-21-20-34-12-5-7-17-41(34)51(44(35)29-37)42-18-8-9-19-48(42)56-49-40-16-6-4-11-33(40)24-26-43(49)51/h1-32H. The zero-order chi connectivity index (χ0) is 37.1. The number of aromatic nitrogens is 4. The smallest absolute Gasteiger partial charge is 0.160 e. The van der Waals surface area contributed by atoms with Crippen molar-refractivity contribution in [2.24, 2.45) is 0 Å². The van der Waals surface area contributed by atoms with Crippen LogP contribution in [0.1, 0.15) is 33.4 Å². The van der Waals surface area contributed by atoms with Gasteiger partial charge in [0.15, 0.2) is 5.82 Å². The van der Waals surface area contributed by atoms with Crippen LogP contribution in [-0.2, 0) is 5.41 Å². The lowest BCUT2D eigenvalue weighted by atomic mass is 9.62. The van der Waals surface area contributed by atoms with Crippen LogP contribution in [0.4, 0.5) is 0 Å². The second-order valence-corrected chi connectivity index (χ2v) is 14.2. The molecule has 3 aromatic heterocycles. The monoisotopic (exact) mass is 716 g/mol. The third-order valence-corrected chi connectivity index (χ3v) is 11.1. The van der Waals surface area contributed by atoms with Crippen molar-refractivity contribution >= 4 is 22.9 Å². The molecule has 0 radical (unpaired) electrons. The third kappa shape index (κ3) is 5.02. The zero-order valence-electron chi connectivity index (χ0n) is 30.2. The Hall–Kier alpha value is -7.50. The zero-order valence-corrected chi connectivity index (χ0v) is 30.2. The van der Waals surface area contributed by atoms with Gasteiger partial charge in [-0.2, -0.15) is 0 Å². The number of fused-ring (bicyclic) bond motifs is 10. The van der Waals surface area contributed by atoms with Crippen molar-refractivity contribution in [3.63, 3.8) is 0 Å². The summed E-state index contributed by atoms with van der Waals surface area (Å²) in [6.07, 6.45) is 9.97. The van der Waals surface area contributed by atoms with Crippen LogP contribution >= 0.6 is 0 Å². The minimum atomic E-state index is -0.717. The van der Waals surface area contributed by atoms with Crippen LogP contribution in [0.2, 0.25) is 0 Å². The van der Waals surface area contributed by atoms with Gasteiger partial charge in [-0.05, 0) is 70.1 Å². The van der Waals surface area contributed by atoms with Crippen LogP contribution in [0.25, 0.3) is 68.1 Å². The van der Waals surface area contributed by atoms with Crippen LogP contribution in [0.3, 0.4) is 0 Å². The van der Waals surface area contributed by atoms with Gasteiger partial charge < -0.3 is 4.74 Å². The first kappa shape index (κ1) is 32.0. The topological polar surface area (TPSA) is 60.8 Å². The molecular weight excluding hydrogens is 685 g/mol. The highest BCUT2D eigenvalue weighted by molar-refractivity contribution is 5.94. The first-order valence-corrected chi connectivity index (χ1v) is 18.8. The van der Waals surface area contributed by atoms with E-state index in [9.17, 15) is 0 Å². The maximum Gasteiger partial charge on any atom is 0.160 e. The summed E-state index contributed by atoms with van der Waals surface area (Å²) in [5.74, 6) is 2.36. The molecule has 6 aromatic carbocycles. The molecule has 1 aliphatic carbocycles. The summed E-state index contributed by atoms with van der Waals surface area (Å²) in [7, 11) is 0. The van der Waals surface area contributed by atoms with Gasteiger partial charge in [-0.25, -0.2) is 9.97 Å². The summed E-state index contributed by atoms with van der Waals surface area (Å²) in [6.45, 7) is 0. The van der Waals surface area contributed by atoms with Gasteiger partial charge in [0.25, 0.3) is 0 Å². The molecular formula is C51H32N4O. The van der Waals surface area contributed by atoms with Gasteiger partial charge in [0, 0.05) is 57.4 Å². The average Bonchev–Trinajstić information content (AvgIpc) is 3.42. The maximum absolute atomic E-state index is 6.92. The maximum atomic E-state index is 6.92. The largest absolute Gasteiger partial charge is 0.456 e. The van der Waals surface area contributed by atoms with Crippen molar-refractivity contribution in [1.29, 1.82) is 0 Å². The molecule has 2 aliphatic rings. The predicted octanol–water partition coefficient (Wildman–Crippen LogP) is 12.1. The van der Waals surface area contributed by atoms with Gasteiger partial charge in [0.1, 0.15) is 11.5 Å². The van der Waals surface area contributed by atoms with E-state index in [1.807, 2.05) is 48.8 Å². The van der Waals surface area contributed by atoms with E-state index in [0.717, 1.165) is 89.4 Å². The lowest BCUT2D eigenvalue weighted by Crippen LogP contribution is -2.35. The predicted molar refractivity (Wildman–Crippen MR) is 224 cm³/mol. The molecule has 262 valence electrons. The molecule has 0 saturated carbocycles. The first-order chi connectivity index (χ1) is 27.7. The molecule has 0 saturated heterocycles. The average molecular weight is 717 g/mol. The van der Waals surface area contributed by atoms with E-state index in [-0.39, 0.29) is 0 Å². The first-order valence-electron chi connectivity index (χ1n) is 18.8. The van der Waals surface area contributed by atoms with Crippen molar-refractivity contribution in [1.82, 2.24) is 19.9 Å². The number of nitrogens with zero attached hydrogens (tertiary/aromatic N) is 4. The van der Waals surface area contributed by atoms with E-state index in [2.05, 4.69) is 145 Å². The van der Waals surface area contributed by atoms with E-state index < -0.39 is 5.41 Å². The summed E-state index contributed by atoms with van der Waals surface area (Å²) in [6, 6.07) is 57.3. The Bertz CT molecular complexity index is 3000. The van der Waals surface area contributed by atoms with Crippen LogP contribution in [0.5, 0.6) is 11.5 Å². The summed E-state index contributed by atoms with van der Waals surface area (Å²) in [4.78, 5) is 19.6. The fourth-order valence-corrected chi connectivity index (χ4v) is 8.53. The molecule has 1 atom stereocenters. The van der Waals surface area contributed by atoms with E-state index >= 15 is 0 Å². The summed E-state index contributed by atoms with van der Waals surface area (Å²) >= 11 is 0. The Morgan fingerprint density at radius 1 is 0.446 bits per heavy atom. The second-order valence-electron chi connectivity index (χ2n) is 14.2. The Kier molecular flexibility index (Phi) is 7.32. The van der Waals surface area contributed by atoms with Gasteiger partial charge in [-0.3, -0.25) is 9.97 Å². The second kappa shape index (κ2) is 12.8. The molecule has 5 nitrogen and oxygen atoms in total. The van der Waals surface area contributed by atoms with Gasteiger partial charge >= 0.3 is 0 Å². The number of ether oxygens (including phenoxy) is 1. The fourth-order valence-electron chi connectivity index (χ4n) is 8.53. The quantitative estimate of drug-likeness (QED) is 0.181. The van der Waals surface area contributed by atoms with Gasteiger partial charge in [-0.1, -0.05) is 133 Å². The van der Waals surface area contributed by atoms with Crippen molar-refractivity contribution in [3.05, 3.63) is 216 Å². The molecule has 56 heavy (non-hydrogen) atoms. The summed E-state index contributed by atoms with van der Waals surface area (Å²) in [5.41, 5.74) is 12.4. The molecule has 1 aliphatic heterocycles. The van der Waals surface area contributed by atoms with Gasteiger partial charge in [0.05, 0.1) is 22.5 Å². The molecule has 4 heterocycles. The number of para-hydroxylation sites is 1. The molecule has 9 aromatic rings. The number of hydrogen-bond acceptors (Lipinski definition) is 5. The van der Waals surface area contributed by atoms with Crippen molar-refractivity contribution in [2.45, 2.75) is 5.41 Å². The number of benzene rings is 6. The summed E-state index contributed by atoms with van der Waals surface area (Å²) < 4.78 is 6.92. The Morgan fingerprint density at radius 2 is 1.16 bits per heavy atom. The molecule has 0 fully saturated rings. The van der Waals surface area contributed by atoms with Crippen LogP contribution < -0.4 is 4.74 Å². The SMILES string of the molecule is C1=Cc2ccc(-c3nc(-c4ccccc4)cc(-c4ccc(-c5cccnc5)nc4)n3)cc2C2(c3ccccc31)c1ccccc1Oc1c2ccc2ccccc12. The lowest BCUT2D eigenvalue weighted by molar-refractivity contribution is 0.439. The number of rotatable bonds is 4. The van der Waals surface area contributed by atoms with Crippen LogP contribution in [0, 0.1) is 0 Å². The third-order valence-electron chi connectivity index (χ3n) is 11.1. The van der Waals surface area contributed by atoms with E-state index in [4.69, 9.17) is 19.7 Å². The molecule has 1 spiro atoms. The Labute approximate surface area is 324 Å². The molecule has 0 bridgehead atoms. The molecule has 5 heteroatoms.